The largest absolute Gasteiger partial charge is 0.387 e. The number of carbonyl (C=O) groups excluding carboxylic acids is 1. The van der Waals surface area contributed by atoms with Gasteiger partial charge in [0.05, 0.1) is 11.3 Å². The lowest BCUT2D eigenvalue weighted by Crippen LogP contribution is -2.15. The lowest BCUT2D eigenvalue weighted by atomic mass is 10.1. The van der Waals surface area contributed by atoms with Crippen LogP contribution in [0.15, 0.2) is 36.4 Å². The molecular weight excluding hydrogens is 255 g/mol. The Bertz CT molecular complexity index is 633. The zero-order chi connectivity index (χ0) is 14.7. The van der Waals surface area contributed by atoms with Crippen LogP contribution in [0, 0.1) is 19.7 Å². The first-order valence-electron chi connectivity index (χ1n) is 6.38. The molecule has 0 aliphatic carbocycles. The number of halogens is 1. The van der Waals surface area contributed by atoms with Gasteiger partial charge in [-0.15, -0.1) is 0 Å². The van der Waals surface area contributed by atoms with E-state index in [1.54, 1.807) is 32.2 Å². The van der Waals surface area contributed by atoms with E-state index in [2.05, 4.69) is 10.6 Å². The molecule has 0 saturated carbocycles. The summed E-state index contributed by atoms with van der Waals surface area (Å²) < 4.78 is 13.7. The molecule has 4 heteroatoms. The molecule has 3 nitrogen and oxygen atoms in total. The summed E-state index contributed by atoms with van der Waals surface area (Å²) >= 11 is 0. The number of aryl methyl sites for hydroxylation is 2. The lowest BCUT2D eigenvalue weighted by Gasteiger charge is -2.12. The third-order valence-corrected chi connectivity index (χ3v) is 3.15. The Kier molecular flexibility index (Phi) is 4.03. The highest BCUT2D eigenvalue weighted by molar-refractivity contribution is 6.08. The van der Waals surface area contributed by atoms with Crippen LogP contribution in [0.3, 0.4) is 0 Å². The predicted octanol–water partition coefficient (Wildman–Crippen LogP) is 3.74. The minimum atomic E-state index is -0.434. The van der Waals surface area contributed by atoms with Gasteiger partial charge in [-0.1, -0.05) is 18.2 Å². The summed E-state index contributed by atoms with van der Waals surface area (Å²) in [6.45, 7) is 3.70. The van der Waals surface area contributed by atoms with E-state index in [4.69, 9.17) is 0 Å². The number of nitrogens with one attached hydrogen (secondary N) is 2. The molecule has 104 valence electrons. The Labute approximate surface area is 117 Å². The quantitative estimate of drug-likeness (QED) is 0.893. The Balaban J connectivity index is 2.33. The van der Waals surface area contributed by atoms with E-state index in [0.29, 0.717) is 11.1 Å². The Hall–Kier alpha value is -2.36. The molecule has 2 N–H and O–H groups in total. The van der Waals surface area contributed by atoms with Gasteiger partial charge in [0.15, 0.2) is 0 Å². The highest BCUT2D eigenvalue weighted by Crippen LogP contribution is 2.22. The van der Waals surface area contributed by atoms with Crippen molar-refractivity contribution >= 4 is 17.3 Å². The van der Waals surface area contributed by atoms with Crippen LogP contribution in [0.5, 0.6) is 0 Å². The average molecular weight is 272 g/mol. The second-order valence-electron chi connectivity index (χ2n) is 4.68. The van der Waals surface area contributed by atoms with Crippen LogP contribution in [0.25, 0.3) is 0 Å². The smallest absolute Gasteiger partial charge is 0.257 e. The lowest BCUT2D eigenvalue weighted by molar-refractivity contribution is 0.102. The number of anilines is 2. The zero-order valence-electron chi connectivity index (χ0n) is 11.8. The van der Waals surface area contributed by atoms with Crippen molar-refractivity contribution in [3.63, 3.8) is 0 Å². The van der Waals surface area contributed by atoms with Crippen molar-refractivity contribution < 1.29 is 9.18 Å². The third-order valence-electron chi connectivity index (χ3n) is 3.15. The molecule has 0 bridgehead atoms. The molecular formula is C16H17FN2O. The minimum Gasteiger partial charge on any atom is -0.387 e. The van der Waals surface area contributed by atoms with E-state index in [9.17, 15) is 9.18 Å². The van der Waals surface area contributed by atoms with E-state index in [-0.39, 0.29) is 11.6 Å². The molecule has 0 atom stereocenters. The number of hydrogen-bond acceptors (Lipinski definition) is 2. The van der Waals surface area contributed by atoms with Crippen molar-refractivity contribution in [2.75, 3.05) is 17.7 Å². The summed E-state index contributed by atoms with van der Waals surface area (Å²) in [5.41, 5.74) is 3.17. The van der Waals surface area contributed by atoms with Crippen LogP contribution in [-0.2, 0) is 0 Å². The molecule has 0 aliphatic heterocycles. The van der Waals surface area contributed by atoms with Gasteiger partial charge in [-0.05, 0) is 43.2 Å². The van der Waals surface area contributed by atoms with Crippen molar-refractivity contribution in [3.05, 3.63) is 58.9 Å². The second-order valence-corrected chi connectivity index (χ2v) is 4.68. The first-order valence-corrected chi connectivity index (χ1v) is 6.38. The van der Waals surface area contributed by atoms with Crippen molar-refractivity contribution in [3.8, 4) is 0 Å². The van der Waals surface area contributed by atoms with Gasteiger partial charge in [0, 0.05) is 12.7 Å². The molecule has 1 amide bonds. The molecule has 0 unspecified atom stereocenters. The average Bonchev–Trinajstić information content (AvgIpc) is 2.42. The van der Waals surface area contributed by atoms with Gasteiger partial charge in [-0.2, -0.15) is 0 Å². The molecule has 0 aromatic heterocycles. The molecule has 0 spiro atoms. The number of carbonyl (C=O) groups is 1. The van der Waals surface area contributed by atoms with Crippen molar-refractivity contribution in [2.24, 2.45) is 0 Å². The molecule has 2 aromatic carbocycles. The van der Waals surface area contributed by atoms with Gasteiger partial charge in [0.1, 0.15) is 5.82 Å². The fourth-order valence-corrected chi connectivity index (χ4v) is 2.03. The van der Waals surface area contributed by atoms with Crippen LogP contribution in [0.4, 0.5) is 15.8 Å². The molecule has 20 heavy (non-hydrogen) atoms. The first-order chi connectivity index (χ1) is 9.52. The van der Waals surface area contributed by atoms with E-state index >= 15 is 0 Å². The molecule has 2 aromatic rings. The van der Waals surface area contributed by atoms with Gasteiger partial charge in [0.2, 0.25) is 0 Å². The summed E-state index contributed by atoms with van der Waals surface area (Å²) in [6, 6.07) is 10.2. The van der Waals surface area contributed by atoms with Gasteiger partial charge in [0.25, 0.3) is 5.91 Å². The standard InChI is InChI=1S/C16H17FN2O/c1-10-7-8-12(14(9-10)18-3)16(20)19-15-11(2)5-4-6-13(15)17/h4-9,18H,1-3H3,(H,19,20). The molecule has 0 heterocycles. The maximum Gasteiger partial charge on any atom is 0.257 e. The van der Waals surface area contributed by atoms with Crippen molar-refractivity contribution in [1.82, 2.24) is 0 Å². The molecule has 0 radical (unpaired) electrons. The van der Waals surface area contributed by atoms with E-state index in [0.717, 1.165) is 11.3 Å². The van der Waals surface area contributed by atoms with Crippen LogP contribution in [0.2, 0.25) is 0 Å². The van der Waals surface area contributed by atoms with E-state index < -0.39 is 5.82 Å². The fraction of sp³-hybridized carbons (Fsp3) is 0.188. The van der Waals surface area contributed by atoms with Gasteiger partial charge in [-0.25, -0.2) is 4.39 Å². The Morgan fingerprint density at radius 2 is 1.90 bits per heavy atom. The molecule has 2 rings (SSSR count). The van der Waals surface area contributed by atoms with Crippen molar-refractivity contribution in [2.45, 2.75) is 13.8 Å². The maximum atomic E-state index is 13.7. The Morgan fingerprint density at radius 1 is 1.15 bits per heavy atom. The normalized spacial score (nSPS) is 10.2. The summed E-state index contributed by atoms with van der Waals surface area (Å²) in [6.07, 6.45) is 0. The van der Waals surface area contributed by atoms with E-state index in [1.165, 1.54) is 6.07 Å². The summed E-state index contributed by atoms with van der Waals surface area (Å²) in [4.78, 5) is 12.3. The fourth-order valence-electron chi connectivity index (χ4n) is 2.03. The van der Waals surface area contributed by atoms with Gasteiger partial charge in [-0.3, -0.25) is 4.79 Å². The first kappa shape index (κ1) is 14.1. The molecule has 0 saturated heterocycles. The maximum absolute atomic E-state index is 13.7. The number of amides is 1. The predicted molar refractivity (Wildman–Crippen MR) is 79.8 cm³/mol. The molecule has 0 fully saturated rings. The monoisotopic (exact) mass is 272 g/mol. The number of hydrogen-bond donors (Lipinski definition) is 2. The number of rotatable bonds is 3. The second kappa shape index (κ2) is 5.74. The van der Waals surface area contributed by atoms with Crippen LogP contribution in [-0.4, -0.2) is 13.0 Å². The SMILES string of the molecule is CNc1cc(C)ccc1C(=O)Nc1c(C)cccc1F. The van der Waals surface area contributed by atoms with Crippen LogP contribution >= 0.6 is 0 Å². The highest BCUT2D eigenvalue weighted by Gasteiger charge is 2.14. The zero-order valence-corrected chi connectivity index (χ0v) is 11.8. The van der Waals surface area contributed by atoms with Crippen LogP contribution in [0.1, 0.15) is 21.5 Å². The van der Waals surface area contributed by atoms with Gasteiger partial charge >= 0.3 is 0 Å². The Morgan fingerprint density at radius 3 is 2.55 bits per heavy atom. The summed E-state index contributed by atoms with van der Waals surface area (Å²) in [5.74, 6) is -0.765. The summed E-state index contributed by atoms with van der Waals surface area (Å²) in [7, 11) is 1.75. The highest BCUT2D eigenvalue weighted by atomic mass is 19.1. The number of benzene rings is 2. The summed E-state index contributed by atoms with van der Waals surface area (Å²) in [5, 5.41) is 5.61. The number of para-hydroxylation sites is 1. The van der Waals surface area contributed by atoms with E-state index in [1.807, 2.05) is 19.1 Å². The van der Waals surface area contributed by atoms with Gasteiger partial charge < -0.3 is 10.6 Å². The minimum absolute atomic E-state index is 0.222. The van der Waals surface area contributed by atoms with Crippen molar-refractivity contribution in [1.29, 1.82) is 0 Å². The third kappa shape index (κ3) is 2.79. The molecule has 0 aliphatic rings. The topological polar surface area (TPSA) is 41.1 Å². The van der Waals surface area contributed by atoms with Crippen LogP contribution < -0.4 is 10.6 Å².